The zero-order chi connectivity index (χ0) is 7.68. The first-order chi connectivity index (χ1) is 5.38. The molecule has 0 bridgehead atoms. The molecule has 1 N–H and O–H groups in total. The van der Waals surface area contributed by atoms with Crippen LogP contribution in [0.3, 0.4) is 0 Å². The maximum Gasteiger partial charge on any atom is 0.0913 e. The summed E-state index contributed by atoms with van der Waals surface area (Å²) in [6, 6.07) is 0. The monoisotopic (exact) mass is 149 g/mol. The van der Waals surface area contributed by atoms with Crippen LogP contribution in [0.4, 0.5) is 0 Å². The lowest BCUT2D eigenvalue weighted by molar-refractivity contribution is 0.720. The number of hydrogen-bond donors (Lipinski definition) is 1. The molecule has 0 spiro atoms. The predicted octanol–water partition coefficient (Wildman–Crippen LogP) is 0.205. The molecular weight excluding hydrogens is 142 g/mol. The summed E-state index contributed by atoms with van der Waals surface area (Å²) in [5.41, 5.74) is 1.95. The lowest BCUT2D eigenvalue weighted by atomic mass is 10.3. The lowest BCUT2D eigenvalue weighted by Crippen LogP contribution is -1.92. The zero-order valence-electron chi connectivity index (χ0n) is 6.02. The van der Waals surface area contributed by atoms with Crippen molar-refractivity contribution in [2.75, 3.05) is 0 Å². The first-order valence-electron chi connectivity index (χ1n) is 3.22. The van der Waals surface area contributed by atoms with Crippen LogP contribution in [0.15, 0.2) is 18.6 Å². The molecule has 0 aliphatic rings. The molecule has 11 heavy (non-hydrogen) atoms. The highest BCUT2D eigenvalue weighted by Gasteiger charge is 2.02. The van der Waals surface area contributed by atoms with Gasteiger partial charge >= 0.3 is 0 Å². The molecule has 0 saturated carbocycles. The molecule has 56 valence electrons. The largest absolute Gasteiger partial charge is 0.285 e. The minimum atomic E-state index is 0.957. The Morgan fingerprint density at radius 3 is 2.91 bits per heavy atom. The van der Waals surface area contributed by atoms with Crippen molar-refractivity contribution in [3.05, 3.63) is 18.6 Å². The molecule has 0 radical (unpaired) electrons. The molecular formula is C6H7N5. The number of aryl methyl sites for hydroxylation is 1. The highest BCUT2D eigenvalue weighted by atomic mass is 15.4. The second-order valence-electron chi connectivity index (χ2n) is 2.23. The summed E-state index contributed by atoms with van der Waals surface area (Å²) < 4.78 is 1.70. The number of nitrogens with one attached hydrogen (secondary N) is 1. The maximum absolute atomic E-state index is 3.83. The van der Waals surface area contributed by atoms with Crippen molar-refractivity contribution < 1.29 is 0 Å². The Kier molecular flexibility index (Phi) is 1.21. The number of hydrogen-bond acceptors (Lipinski definition) is 3. The molecule has 2 rings (SSSR count). The van der Waals surface area contributed by atoms with E-state index in [9.17, 15) is 0 Å². The quantitative estimate of drug-likeness (QED) is 0.630. The van der Waals surface area contributed by atoms with Gasteiger partial charge in [-0.2, -0.15) is 5.10 Å². The first-order valence-corrected chi connectivity index (χ1v) is 3.22. The summed E-state index contributed by atoms with van der Waals surface area (Å²) in [5, 5.41) is 14.1. The molecule has 0 fully saturated rings. The minimum absolute atomic E-state index is 0.957. The summed E-state index contributed by atoms with van der Waals surface area (Å²) in [4.78, 5) is 0. The normalized spacial score (nSPS) is 10.3. The van der Waals surface area contributed by atoms with E-state index in [0.717, 1.165) is 11.3 Å². The van der Waals surface area contributed by atoms with E-state index in [1.807, 2.05) is 7.05 Å². The number of rotatable bonds is 1. The van der Waals surface area contributed by atoms with Gasteiger partial charge in [0.25, 0.3) is 0 Å². The molecule has 0 aliphatic heterocycles. The fourth-order valence-electron chi connectivity index (χ4n) is 0.942. The topological polar surface area (TPSA) is 59.4 Å². The van der Waals surface area contributed by atoms with Gasteiger partial charge in [-0.15, -0.1) is 5.10 Å². The van der Waals surface area contributed by atoms with E-state index in [4.69, 9.17) is 0 Å². The highest BCUT2D eigenvalue weighted by molar-refractivity contribution is 5.55. The van der Waals surface area contributed by atoms with Crippen molar-refractivity contribution in [2.45, 2.75) is 0 Å². The Bertz CT molecular complexity index is 333. The Balaban J connectivity index is 2.53. The van der Waals surface area contributed by atoms with E-state index >= 15 is 0 Å². The van der Waals surface area contributed by atoms with E-state index in [1.165, 1.54) is 0 Å². The highest BCUT2D eigenvalue weighted by Crippen LogP contribution is 2.13. The Morgan fingerprint density at radius 2 is 2.36 bits per heavy atom. The fourth-order valence-corrected chi connectivity index (χ4v) is 0.942. The fraction of sp³-hybridized carbons (Fsp3) is 0.167. The molecule has 0 aromatic carbocycles. The van der Waals surface area contributed by atoms with Crippen LogP contribution in [0, 0.1) is 0 Å². The number of aromatic amines is 1. The third-order valence-corrected chi connectivity index (χ3v) is 1.51. The van der Waals surface area contributed by atoms with Crippen molar-refractivity contribution in [3.8, 4) is 11.3 Å². The van der Waals surface area contributed by atoms with Crippen LogP contribution in [0.1, 0.15) is 0 Å². The van der Waals surface area contributed by atoms with Gasteiger partial charge in [0.15, 0.2) is 0 Å². The van der Waals surface area contributed by atoms with E-state index in [1.54, 1.807) is 23.3 Å². The lowest BCUT2D eigenvalue weighted by Gasteiger charge is -1.92. The number of H-pyrrole nitrogens is 1. The zero-order valence-corrected chi connectivity index (χ0v) is 6.02. The SMILES string of the molecule is Cn1nncc1-c1cn[nH]c1. The summed E-state index contributed by atoms with van der Waals surface area (Å²) in [6.45, 7) is 0. The minimum Gasteiger partial charge on any atom is -0.285 e. The van der Waals surface area contributed by atoms with Gasteiger partial charge in [0.1, 0.15) is 0 Å². The van der Waals surface area contributed by atoms with Crippen molar-refractivity contribution in [1.82, 2.24) is 25.2 Å². The molecule has 0 unspecified atom stereocenters. The summed E-state index contributed by atoms with van der Waals surface area (Å²) >= 11 is 0. The van der Waals surface area contributed by atoms with E-state index in [2.05, 4.69) is 20.5 Å². The smallest absolute Gasteiger partial charge is 0.0913 e. The van der Waals surface area contributed by atoms with Crippen LogP contribution in [0.5, 0.6) is 0 Å². The third-order valence-electron chi connectivity index (χ3n) is 1.51. The van der Waals surface area contributed by atoms with Gasteiger partial charge in [-0.1, -0.05) is 5.21 Å². The Labute approximate surface area is 63.0 Å². The van der Waals surface area contributed by atoms with Crippen LogP contribution in [-0.4, -0.2) is 25.2 Å². The van der Waals surface area contributed by atoms with Crippen LogP contribution in [-0.2, 0) is 7.05 Å². The molecule has 2 aromatic rings. The average molecular weight is 149 g/mol. The van der Waals surface area contributed by atoms with Gasteiger partial charge in [0, 0.05) is 18.8 Å². The first kappa shape index (κ1) is 6.09. The van der Waals surface area contributed by atoms with Gasteiger partial charge in [-0.3, -0.25) is 5.10 Å². The van der Waals surface area contributed by atoms with Crippen LogP contribution in [0.25, 0.3) is 11.3 Å². The van der Waals surface area contributed by atoms with Gasteiger partial charge in [-0.25, -0.2) is 4.68 Å². The predicted molar refractivity (Wildman–Crippen MR) is 38.6 cm³/mol. The van der Waals surface area contributed by atoms with Crippen LogP contribution in [0.2, 0.25) is 0 Å². The number of nitrogens with zero attached hydrogens (tertiary/aromatic N) is 4. The standard InChI is InChI=1S/C6H7N5/c1-11-6(4-9-10-11)5-2-7-8-3-5/h2-4H,1H3,(H,7,8). The van der Waals surface area contributed by atoms with Crippen molar-refractivity contribution in [1.29, 1.82) is 0 Å². The molecule has 0 aliphatic carbocycles. The van der Waals surface area contributed by atoms with Crippen molar-refractivity contribution in [3.63, 3.8) is 0 Å². The molecule has 0 atom stereocenters. The van der Waals surface area contributed by atoms with Gasteiger partial charge in [0.05, 0.1) is 18.1 Å². The van der Waals surface area contributed by atoms with Crippen molar-refractivity contribution >= 4 is 0 Å². The second kappa shape index (κ2) is 2.19. The average Bonchev–Trinajstić information content (AvgIpc) is 2.55. The van der Waals surface area contributed by atoms with E-state index < -0.39 is 0 Å². The Hall–Kier alpha value is -1.65. The molecule has 5 heteroatoms. The number of aromatic nitrogens is 5. The molecule has 5 nitrogen and oxygen atoms in total. The van der Waals surface area contributed by atoms with Crippen molar-refractivity contribution in [2.24, 2.45) is 7.05 Å². The summed E-state index contributed by atoms with van der Waals surface area (Å²) in [7, 11) is 1.84. The van der Waals surface area contributed by atoms with Gasteiger partial charge < -0.3 is 0 Å². The van der Waals surface area contributed by atoms with Gasteiger partial charge in [-0.05, 0) is 0 Å². The summed E-state index contributed by atoms with van der Waals surface area (Å²) in [6.07, 6.45) is 5.24. The molecule has 0 saturated heterocycles. The Morgan fingerprint density at radius 1 is 1.45 bits per heavy atom. The maximum atomic E-state index is 3.83. The molecule has 2 aromatic heterocycles. The summed E-state index contributed by atoms with van der Waals surface area (Å²) in [5.74, 6) is 0. The van der Waals surface area contributed by atoms with Crippen LogP contribution >= 0.6 is 0 Å². The second-order valence-corrected chi connectivity index (χ2v) is 2.23. The third kappa shape index (κ3) is 0.899. The van der Waals surface area contributed by atoms with Gasteiger partial charge in [0.2, 0.25) is 0 Å². The van der Waals surface area contributed by atoms with E-state index in [-0.39, 0.29) is 0 Å². The molecule has 0 amide bonds. The van der Waals surface area contributed by atoms with Crippen LogP contribution < -0.4 is 0 Å². The molecule has 2 heterocycles. The van der Waals surface area contributed by atoms with E-state index in [0.29, 0.717) is 0 Å².